The molecule has 1 unspecified atom stereocenters. The van der Waals surface area contributed by atoms with E-state index in [0.29, 0.717) is 19.5 Å². The summed E-state index contributed by atoms with van der Waals surface area (Å²) in [5.74, 6) is -0.731. The number of aliphatic hydroxyl groups is 1. The third-order valence-corrected chi connectivity index (χ3v) is 5.62. The van der Waals surface area contributed by atoms with Crippen LogP contribution in [0.2, 0.25) is 0 Å². The maximum absolute atomic E-state index is 11.0. The van der Waals surface area contributed by atoms with Crippen molar-refractivity contribution in [2.75, 3.05) is 0 Å². The van der Waals surface area contributed by atoms with Gasteiger partial charge in [0.15, 0.2) is 0 Å². The van der Waals surface area contributed by atoms with Crippen LogP contribution in [0.3, 0.4) is 0 Å². The van der Waals surface area contributed by atoms with Crippen molar-refractivity contribution in [2.45, 2.75) is 38.1 Å². The van der Waals surface area contributed by atoms with Crippen LogP contribution in [0.25, 0.3) is 11.3 Å². The summed E-state index contributed by atoms with van der Waals surface area (Å²) in [5, 5.41) is 31.4. The number of hydrogen-bond donors (Lipinski definition) is 3. The summed E-state index contributed by atoms with van der Waals surface area (Å²) in [7, 11) is 1.93. The molecule has 0 spiro atoms. The molecule has 8 nitrogen and oxygen atoms in total. The highest BCUT2D eigenvalue weighted by molar-refractivity contribution is 5.86. The molecule has 1 saturated carbocycles. The number of aromatic carboxylic acids is 1. The van der Waals surface area contributed by atoms with Crippen LogP contribution in [0.1, 0.15) is 28.8 Å². The number of aliphatic hydroxyl groups excluding tert-OH is 1. The van der Waals surface area contributed by atoms with E-state index in [-0.39, 0.29) is 17.5 Å². The van der Waals surface area contributed by atoms with Gasteiger partial charge in [0.05, 0.1) is 23.6 Å². The summed E-state index contributed by atoms with van der Waals surface area (Å²) < 4.78 is 3.51. The second-order valence-electron chi connectivity index (χ2n) is 7.65. The molecule has 0 bridgehead atoms. The van der Waals surface area contributed by atoms with Gasteiger partial charge in [-0.2, -0.15) is 10.2 Å². The molecule has 3 aromatic rings. The minimum atomic E-state index is -0.977. The first-order valence-electron chi connectivity index (χ1n) is 9.74. The summed E-state index contributed by atoms with van der Waals surface area (Å²) in [6, 6.07) is 10.2. The lowest BCUT2D eigenvalue weighted by Crippen LogP contribution is -2.35. The Hall–Kier alpha value is -2.97. The highest BCUT2D eigenvalue weighted by atomic mass is 16.4. The van der Waals surface area contributed by atoms with E-state index in [2.05, 4.69) is 27.6 Å². The van der Waals surface area contributed by atoms with Crippen molar-refractivity contribution in [3.05, 3.63) is 60.0 Å². The molecular weight excluding hydrogens is 370 g/mol. The zero-order valence-electron chi connectivity index (χ0n) is 16.3. The number of carboxylic acid groups (broad SMARTS) is 1. The zero-order valence-corrected chi connectivity index (χ0v) is 16.3. The molecule has 0 saturated heterocycles. The second kappa shape index (κ2) is 8.18. The SMILES string of the molecule is Cn1nccc1-c1ccccc1CN[C@@H]1CC(Cn2cc(C(=O)O)cn2)C[C@H]1O. The summed E-state index contributed by atoms with van der Waals surface area (Å²) in [5.41, 5.74) is 3.52. The Labute approximate surface area is 168 Å². The van der Waals surface area contributed by atoms with E-state index in [4.69, 9.17) is 5.11 Å². The molecule has 1 aliphatic carbocycles. The van der Waals surface area contributed by atoms with E-state index in [1.165, 1.54) is 6.20 Å². The summed E-state index contributed by atoms with van der Waals surface area (Å²) in [6.07, 6.45) is 5.74. The lowest BCUT2D eigenvalue weighted by molar-refractivity contribution is 0.0696. The van der Waals surface area contributed by atoms with Crippen molar-refractivity contribution in [1.82, 2.24) is 24.9 Å². The van der Waals surface area contributed by atoms with Crippen LogP contribution in [-0.2, 0) is 20.1 Å². The number of carbonyl (C=O) groups is 1. The number of benzene rings is 1. The van der Waals surface area contributed by atoms with Crippen LogP contribution in [0.5, 0.6) is 0 Å². The molecule has 1 aliphatic rings. The van der Waals surface area contributed by atoms with Crippen molar-refractivity contribution in [3.8, 4) is 11.3 Å². The van der Waals surface area contributed by atoms with Gasteiger partial charge in [-0.05, 0) is 30.4 Å². The van der Waals surface area contributed by atoms with Gasteiger partial charge in [-0.15, -0.1) is 0 Å². The van der Waals surface area contributed by atoms with Crippen LogP contribution in [0.15, 0.2) is 48.9 Å². The monoisotopic (exact) mass is 395 g/mol. The Morgan fingerprint density at radius 3 is 2.79 bits per heavy atom. The van der Waals surface area contributed by atoms with E-state index in [9.17, 15) is 9.90 Å². The fourth-order valence-electron chi connectivity index (χ4n) is 4.13. The molecular formula is C21H25N5O3. The molecule has 0 radical (unpaired) electrons. The molecule has 8 heteroatoms. The highest BCUT2D eigenvalue weighted by Gasteiger charge is 2.33. The molecule has 1 fully saturated rings. The predicted molar refractivity (Wildman–Crippen MR) is 107 cm³/mol. The number of aromatic nitrogens is 4. The molecule has 0 amide bonds. The maximum Gasteiger partial charge on any atom is 0.338 e. The van der Waals surface area contributed by atoms with Crippen LogP contribution in [0.4, 0.5) is 0 Å². The van der Waals surface area contributed by atoms with Gasteiger partial charge in [-0.25, -0.2) is 4.79 Å². The van der Waals surface area contributed by atoms with Crippen molar-refractivity contribution in [3.63, 3.8) is 0 Å². The lowest BCUT2D eigenvalue weighted by Gasteiger charge is -2.18. The Balaban J connectivity index is 1.38. The number of nitrogens with zero attached hydrogens (tertiary/aromatic N) is 4. The van der Waals surface area contributed by atoms with Gasteiger partial charge in [-0.1, -0.05) is 24.3 Å². The summed E-state index contributed by atoms with van der Waals surface area (Å²) in [6.45, 7) is 1.26. The van der Waals surface area contributed by atoms with Crippen LogP contribution < -0.4 is 5.32 Å². The third-order valence-electron chi connectivity index (χ3n) is 5.62. The molecule has 4 rings (SSSR count). The van der Waals surface area contributed by atoms with Crippen molar-refractivity contribution < 1.29 is 15.0 Å². The first kappa shape index (κ1) is 19.4. The number of rotatable bonds is 7. The van der Waals surface area contributed by atoms with Crippen LogP contribution in [-0.4, -0.2) is 47.9 Å². The number of hydrogen-bond acceptors (Lipinski definition) is 5. The van der Waals surface area contributed by atoms with Crippen molar-refractivity contribution in [1.29, 1.82) is 0 Å². The largest absolute Gasteiger partial charge is 0.478 e. The van der Waals surface area contributed by atoms with E-state index >= 15 is 0 Å². The van der Waals surface area contributed by atoms with Crippen LogP contribution >= 0.6 is 0 Å². The van der Waals surface area contributed by atoms with Crippen molar-refractivity contribution >= 4 is 5.97 Å². The van der Waals surface area contributed by atoms with Gasteiger partial charge in [0.25, 0.3) is 0 Å². The first-order chi connectivity index (χ1) is 14.0. The average molecular weight is 395 g/mol. The lowest BCUT2D eigenvalue weighted by atomic mass is 10.0. The minimum Gasteiger partial charge on any atom is -0.478 e. The van der Waals surface area contributed by atoms with E-state index in [0.717, 1.165) is 23.2 Å². The minimum absolute atomic E-state index is 0.00546. The van der Waals surface area contributed by atoms with Gasteiger partial charge in [0, 0.05) is 44.1 Å². The van der Waals surface area contributed by atoms with E-state index in [1.54, 1.807) is 17.1 Å². The Kier molecular flexibility index (Phi) is 5.46. The molecule has 0 aliphatic heterocycles. The molecule has 3 N–H and O–H groups in total. The van der Waals surface area contributed by atoms with Gasteiger partial charge in [-0.3, -0.25) is 9.36 Å². The highest BCUT2D eigenvalue weighted by Crippen LogP contribution is 2.29. The quantitative estimate of drug-likeness (QED) is 0.564. The van der Waals surface area contributed by atoms with Gasteiger partial charge < -0.3 is 15.5 Å². The molecule has 1 aromatic carbocycles. The normalized spacial score (nSPS) is 21.5. The fraction of sp³-hybridized carbons (Fsp3) is 0.381. The molecule has 2 heterocycles. The number of carboxylic acids is 1. The molecule has 152 valence electrons. The Bertz CT molecular complexity index is 996. The van der Waals surface area contributed by atoms with Crippen molar-refractivity contribution in [2.24, 2.45) is 13.0 Å². The topological polar surface area (TPSA) is 105 Å². The smallest absolute Gasteiger partial charge is 0.338 e. The second-order valence-corrected chi connectivity index (χ2v) is 7.65. The Morgan fingerprint density at radius 1 is 1.24 bits per heavy atom. The van der Waals surface area contributed by atoms with E-state index in [1.807, 2.05) is 29.9 Å². The molecule has 29 heavy (non-hydrogen) atoms. The van der Waals surface area contributed by atoms with Gasteiger partial charge in [0.1, 0.15) is 0 Å². The van der Waals surface area contributed by atoms with Crippen LogP contribution in [0, 0.1) is 5.92 Å². The fourth-order valence-corrected chi connectivity index (χ4v) is 4.13. The first-order valence-corrected chi connectivity index (χ1v) is 9.74. The molecule has 3 atom stereocenters. The molecule has 2 aromatic heterocycles. The Morgan fingerprint density at radius 2 is 2.07 bits per heavy atom. The predicted octanol–water partition coefficient (Wildman–Crippen LogP) is 1.91. The summed E-state index contributed by atoms with van der Waals surface area (Å²) >= 11 is 0. The maximum atomic E-state index is 11.0. The average Bonchev–Trinajstić information content (AvgIpc) is 3.41. The summed E-state index contributed by atoms with van der Waals surface area (Å²) in [4.78, 5) is 11.0. The number of aryl methyl sites for hydroxylation is 1. The van der Waals surface area contributed by atoms with E-state index < -0.39 is 12.1 Å². The zero-order chi connectivity index (χ0) is 20.4. The van der Waals surface area contributed by atoms with Gasteiger partial charge in [0.2, 0.25) is 0 Å². The van der Waals surface area contributed by atoms with Gasteiger partial charge >= 0.3 is 5.97 Å². The number of nitrogens with one attached hydrogen (secondary N) is 1. The standard InChI is InChI=1S/C21H25N5O3/c1-25-19(6-7-23-25)17-5-3-2-4-15(17)10-22-18-8-14(9-20(18)27)12-26-13-16(11-24-26)21(28)29/h2-7,11,13-14,18,20,22,27H,8-10,12H2,1H3,(H,28,29)/t14?,18-,20-/m1/s1. The third kappa shape index (κ3) is 4.23.